The molecule has 2 aliphatic rings. The highest BCUT2D eigenvalue weighted by Crippen LogP contribution is 2.43. The topological polar surface area (TPSA) is 68.1 Å². The van der Waals surface area contributed by atoms with E-state index in [0.29, 0.717) is 31.8 Å². The molecule has 1 saturated carbocycles. The van der Waals surface area contributed by atoms with Gasteiger partial charge in [0.05, 0.1) is 18.9 Å². The van der Waals surface area contributed by atoms with Gasteiger partial charge in [0.25, 0.3) is 0 Å². The average Bonchev–Trinajstić information content (AvgIpc) is 2.76. The van der Waals surface area contributed by atoms with Crippen LogP contribution in [0.15, 0.2) is 5.16 Å². The first-order valence-corrected chi connectivity index (χ1v) is 5.26. The number of aliphatic carboxylic acids is 1. The third-order valence-corrected chi connectivity index (χ3v) is 3.04. The van der Waals surface area contributed by atoms with Crippen LogP contribution in [0.1, 0.15) is 32.6 Å². The van der Waals surface area contributed by atoms with Crippen LogP contribution in [-0.2, 0) is 14.4 Å². The predicted molar refractivity (Wildman–Crippen MR) is 52.5 cm³/mol. The molecule has 0 radical (unpaired) electrons. The lowest BCUT2D eigenvalue weighted by Crippen LogP contribution is -2.26. The van der Waals surface area contributed by atoms with E-state index in [1.165, 1.54) is 0 Å². The first-order chi connectivity index (χ1) is 7.15. The lowest BCUT2D eigenvalue weighted by molar-refractivity contribution is -0.142. The van der Waals surface area contributed by atoms with Crippen molar-refractivity contribution in [3.63, 3.8) is 0 Å². The Bertz CT molecular complexity index is 302. The van der Waals surface area contributed by atoms with E-state index < -0.39 is 11.6 Å². The molecular formula is C10H15NO4. The largest absolute Gasteiger partial charge is 0.481 e. The summed E-state index contributed by atoms with van der Waals surface area (Å²) in [6.45, 7) is 2.46. The van der Waals surface area contributed by atoms with Gasteiger partial charge in [0.15, 0.2) is 0 Å². The van der Waals surface area contributed by atoms with E-state index in [0.717, 1.165) is 6.42 Å². The highest BCUT2D eigenvalue weighted by Gasteiger charge is 2.48. The minimum atomic E-state index is -0.736. The van der Waals surface area contributed by atoms with E-state index in [-0.39, 0.29) is 5.92 Å². The Labute approximate surface area is 88.0 Å². The minimum Gasteiger partial charge on any atom is -0.481 e. The van der Waals surface area contributed by atoms with E-state index in [2.05, 4.69) is 5.16 Å². The van der Waals surface area contributed by atoms with Crippen LogP contribution in [-0.4, -0.2) is 29.2 Å². The normalized spacial score (nSPS) is 33.9. The Hall–Kier alpha value is -1.26. The molecule has 1 heterocycles. The van der Waals surface area contributed by atoms with Crippen molar-refractivity contribution in [2.75, 3.05) is 6.61 Å². The highest BCUT2D eigenvalue weighted by molar-refractivity contribution is 5.78. The van der Waals surface area contributed by atoms with Crippen LogP contribution < -0.4 is 0 Å². The molecule has 5 heteroatoms. The first kappa shape index (κ1) is 10.3. The molecular weight excluding hydrogens is 198 g/mol. The van der Waals surface area contributed by atoms with E-state index in [9.17, 15) is 4.79 Å². The van der Waals surface area contributed by atoms with E-state index in [4.69, 9.17) is 14.7 Å². The number of rotatable bonds is 2. The van der Waals surface area contributed by atoms with Crippen LogP contribution in [0.25, 0.3) is 0 Å². The van der Waals surface area contributed by atoms with Crippen LogP contribution in [0.4, 0.5) is 0 Å². The number of carboxylic acids is 1. The van der Waals surface area contributed by atoms with Gasteiger partial charge in [0.1, 0.15) is 5.60 Å². The molecule has 0 bridgehead atoms. The van der Waals surface area contributed by atoms with Crippen LogP contribution in [0.3, 0.4) is 0 Å². The summed E-state index contributed by atoms with van der Waals surface area (Å²) in [7, 11) is 0. The fourth-order valence-electron chi connectivity index (χ4n) is 2.28. The standard InChI is InChI=1S/C10H15NO4/c1-2-14-8-6-10(15-11-8)4-3-7(5-10)9(12)13/h7H,2-6H2,1H3,(H,12,13). The molecule has 0 aromatic carbocycles. The third kappa shape index (κ3) is 1.91. The fraction of sp³-hybridized carbons (Fsp3) is 0.800. The van der Waals surface area contributed by atoms with E-state index in [1.54, 1.807) is 0 Å². The summed E-state index contributed by atoms with van der Waals surface area (Å²) < 4.78 is 5.26. The molecule has 1 aliphatic carbocycles. The number of nitrogens with zero attached hydrogens (tertiary/aromatic N) is 1. The van der Waals surface area contributed by atoms with Crippen LogP contribution in [0.5, 0.6) is 0 Å². The lowest BCUT2D eigenvalue weighted by Gasteiger charge is -2.19. The van der Waals surface area contributed by atoms with Crippen molar-refractivity contribution in [3.8, 4) is 0 Å². The molecule has 2 rings (SSSR count). The highest BCUT2D eigenvalue weighted by atomic mass is 16.7. The average molecular weight is 213 g/mol. The lowest BCUT2D eigenvalue weighted by atomic mass is 9.97. The molecule has 2 atom stereocenters. The summed E-state index contributed by atoms with van der Waals surface area (Å²) in [5.41, 5.74) is -0.395. The third-order valence-electron chi connectivity index (χ3n) is 3.04. The second-order valence-corrected chi connectivity index (χ2v) is 4.15. The molecule has 1 N–H and O–H groups in total. The number of ether oxygens (including phenoxy) is 1. The zero-order valence-electron chi connectivity index (χ0n) is 8.73. The van der Waals surface area contributed by atoms with Crippen molar-refractivity contribution in [2.45, 2.75) is 38.2 Å². The summed E-state index contributed by atoms with van der Waals surface area (Å²) in [6, 6.07) is 0. The van der Waals surface area contributed by atoms with Crippen molar-refractivity contribution >= 4 is 11.9 Å². The molecule has 84 valence electrons. The molecule has 5 nitrogen and oxygen atoms in total. The second-order valence-electron chi connectivity index (χ2n) is 4.15. The molecule has 0 aromatic rings. The van der Waals surface area contributed by atoms with Gasteiger partial charge in [-0.1, -0.05) is 5.16 Å². The zero-order valence-corrected chi connectivity index (χ0v) is 8.73. The molecule has 0 saturated heterocycles. The maximum atomic E-state index is 10.8. The van der Waals surface area contributed by atoms with Crippen molar-refractivity contribution < 1.29 is 19.5 Å². The van der Waals surface area contributed by atoms with E-state index in [1.807, 2.05) is 6.92 Å². The van der Waals surface area contributed by atoms with E-state index >= 15 is 0 Å². The second kappa shape index (κ2) is 3.72. The zero-order chi connectivity index (χ0) is 10.9. The smallest absolute Gasteiger partial charge is 0.306 e. The van der Waals surface area contributed by atoms with Gasteiger partial charge in [-0.3, -0.25) is 4.79 Å². The maximum absolute atomic E-state index is 10.8. The van der Waals surface area contributed by atoms with Gasteiger partial charge >= 0.3 is 5.97 Å². The van der Waals surface area contributed by atoms with Crippen LogP contribution in [0.2, 0.25) is 0 Å². The first-order valence-electron chi connectivity index (χ1n) is 5.26. The Morgan fingerprint density at radius 3 is 3.20 bits per heavy atom. The molecule has 2 unspecified atom stereocenters. The van der Waals surface area contributed by atoms with Crippen molar-refractivity contribution in [2.24, 2.45) is 11.1 Å². The summed E-state index contributed by atoms with van der Waals surface area (Å²) in [4.78, 5) is 16.2. The Morgan fingerprint density at radius 1 is 1.80 bits per heavy atom. The Morgan fingerprint density at radius 2 is 2.60 bits per heavy atom. The number of carboxylic acid groups (broad SMARTS) is 1. The monoisotopic (exact) mass is 213 g/mol. The molecule has 1 spiro atoms. The Balaban J connectivity index is 1.94. The number of hydrogen-bond donors (Lipinski definition) is 1. The van der Waals surface area contributed by atoms with Gasteiger partial charge in [-0.05, 0) is 19.8 Å². The van der Waals surface area contributed by atoms with Gasteiger partial charge in [0.2, 0.25) is 5.90 Å². The van der Waals surface area contributed by atoms with Crippen LogP contribution in [0, 0.1) is 5.92 Å². The molecule has 0 amide bonds. The van der Waals surface area contributed by atoms with Crippen LogP contribution >= 0.6 is 0 Å². The quantitative estimate of drug-likeness (QED) is 0.752. The van der Waals surface area contributed by atoms with Gasteiger partial charge in [-0.15, -0.1) is 0 Å². The van der Waals surface area contributed by atoms with Gasteiger partial charge in [-0.2, -0.15) is 0 Å². The summed E-state index contributed by atoms with van der Waals surface area (Å²) in [5.74, 6) is -0.426. The minimum absolute atomic E-state index is 0.291. The fourth-order valence-corrected chi connectivity index (χ4v) is 2.28. The maximum Gasteiger partial charge on any atom is 0.306 e. The molecule has 15 heavy (non-hydrogen) atoms. The molecule has 1 fully saturated rings. The van der Waals surface area contributed by atoms with Gasteiger partial charge < -0.3 is 14.7 Å². The molecule has 1 aliphatic heterocycles. The van der Waals surface area contributed by atoms with Crippen molar-refractivity contribution in [1.29, 1.82) is 0 Å². The Kier molecular flexibility index (Phi) is 2.54. The summed E-state index contributed by atoms with van der Waals surface area (Å²) >= 11 is 0. The van der Waals surface area contributed by atoms with Crippen molar-refractivity contribution in [1.82, 2.24) is 0 Å². The van der Waals surface area contributed by atoms with Gasteiger partial charge in [0, 0.05) is 6.42 Å². The number of oxime groups is 1. The summed E-state index contributed by atoms with van der Waals surface area (Å²) in [5, 5.41) is 12.8. The number of hydrogen-bond acceptors (Lipinski definition) is 4. The van der Waals surface area contributed by atoms with Crippen molar-refractivity contribution in [3.05, 3.63) is 0 Å². The SMILES string of the molecule is CCOC1=NOC2(CCC(C(=O)O)C2)C1. The van der Waals surface area contributed by atoms with Gasteiger partial charge in [-0.25, -0.2) is 0 Å². The summed E-state index contributed by atoms with van der Waals surface area (Å²) in [6.07, 6.45) is 2.58. The predicted octanol–water partition coefficient (Wildman–Crippen LogP) is 1.38. The number of carbonyl (C=O) groups is 1. The molecule has 0 aromatic heterocycles.